The normalized spacial score (nSPS) is 10.5. The molecule has 4 N–H and O–H groups in total. The highest BCUT2D eigenvalue weighted by Crippen LogP contribution is 2.32. The molecule has 1 amide bonds. The molecule has 0 atom stereocenters. The second kappa shape index (κ2) is 5.16. The fourth-order valence-corrected chi connectivity index (χ4v) is 2.01. The number of rotatable bonds is 4. The van der Waals surface area contributed by atoms with Crippen molar-refractivity contribution in [2.75, 3.05) is 17.2 Å². The number of aromatic nitrogens is 1. The van der Waals surface area contributed by atoms with Gasteiger partial charge in [-0.3, -0.25) is 9.78 Å². The Balaban J connectivity index is 3.15. The van der Waals surface area contributed by atoms with E-state index in [2.05, 4.69) is 20.9 Å². The van der Waals surface area contributed by atoms with Gasteiger partial charge in [-0.15, -0.1) is 0 Å². The van der Waals surface area contributed by atoms with Gasteiger partial charge in [0.05, 0.1) is 28.6 Å². The summed E-state index contributed by atoms with van der Waals surface area (Å²) in [4.78, 5) is 16.8. The largest absolute Gasteiger partial charge is 0.396 e. The van der Waals surface area contributed by atoms with E-state index in [1.165, 1.54) is 0 Å². The first-order chi connectivity index (χ1) is 7.43. The van der Waals surface area contributed by atoms with E-state index in [0.717, 1.165) is 10.2 Å². The highest BCUT2D eigenvalue weighted by Gasteiger charge is 2.18. The number of carbonyl (C=O) groups is 1. The predicted octanol–water partition coefficient (Wildman–Crippen LogP) is 1.13. The molecule has 1 aromatic rings. The van der Waals surface area contributed by atoms with Crippen molar-refractivity contribution in [1.82, 2.24) is 4.98 Å². The molecule has 0 spiro atoms. The van der Waals surface area contributed by atoms with Crippen LogP contribution in [-0.4, -0.2) is 23.5 Å². The number of nitrogen functional groups attached to an aromatic ring is 1. The standard InChI is InChI=1S/C10H15BrN4O/c1-6(2)15(5-9(13)16)10-7(11)3-14-4-8(10)12/h3-4,6H,5,12H2,1-2H3,(H2,13,16). The topological polar surface area (TPSA) is 85.2 Å². The van der Waals surface area contributed by atoms with Crippen molar-refractivity contribution in [2.24, 2.45) is 5.73 Å². The van der Waals surface area contributed by atoms with Gasteiger partial charge in [-0.05, 0) is 29.8 Å². The van der Waals surface area contributed by atoms with Crippen LogP contribution >= 0.6 is 15.9 Å². The second-order valence-corrected chi connectivity index (χ2v) is 4.60. The van der Waals surface area contributed by atoms with Gasteiger partial charge in [0, 0.05) is 12.2 Å². The Morgan fingerprint density at radius 1 is 1.56 bits per heavy atom. The third-order valence-electron chi connectivity index (χ3n) is 2.14. The molecule has 16 heavy (non-hydrogen) atoms. The maximum atomic E-state index is 11.0. The molecule has 0 bridgehead atoms. The Morgan fingerprint density at radius 3 is 2.62 bits per heavy atom. The van der Waals surface area contributed by atoms with E-state index in [1.807, 2.05) is 18.7 Å². The Morgan fingerprint density at radius 2 is 2.19 bits per heavy atom. The van der Waals surface area contributed by atoms with Crippen molar-refractivity contribution in [3.05, 3.63) is 16.9 Å². The molecule has 0 aliphatic heterocycles. The number of pyridine rings is 1. The van der Waals surface area contributed by atoms with E-state index in [1.54, 1.807) is 12.4 Å². The second-order valence-electron chi connectivity index (χ2n) is 3.75. The van der Waals surface area contributed by atoms with Crippen LogP contribution in [0.4, 0.5) is 11.4 Å². The lowest BCUT2D eigenvalue weighted by Crippen LogP contribution is -2.39. The van der Waals surface area contributed by atoms with Crippen LogP contribution < -0.4 is 16.4 Å². The summed E-state index contributed by atoms with van der Waals surface area (Å²) in [5, 5.41) is 0. The molecule has 0 aromatic carbocycles. The molecule has 0 aliphatic carbocycles. The highest BCUT2D eigenvalue weighted by molar-refractivity contribution is 9.10. The van der Waals surface area contributed by atoms with Crippen LogP contribution in [0.25, 0.3) is 0 Å². The van der Waals surface area contributed by atoms with Crippen LogP contribution in [0, 0.1) is 0 Å². The SMILES string of the molecule is CC(C)N(CC(N)=O)c1c(N)cncc1Br. The fourth-order valence-electron chi connectivity index (χ4n) is 1.43. The molecular formula is C10H15BrN4O. The lowest BCUT2D eigenvalue weighted by Gasteiger charge is -2.29. The van der Waals surface area contributed by atoms with Crippen molar-refractivity contribution in [2.45, 2.75) is 19.9 Å². The van der Waals surface area contributed by atoms with Crippen LogP contribution in [0.1, 0.15) is 13.8 Å². The molecule has 0 radical (unpaired) electrons. The van der Waals surface area contributed by atoms with Crippen molar-refractivity contribution in [3.8, 4) is 0 Å². The van der Waals surface area contributed by atoms with Gasteiger partial charge in [-0.25, -0.2) is 0 Å². The maximum Gasteiger partial charge on any atom is 0.236 e. The molecule has 0 aliphatic rings. The summed E-state index contributed by atoms with van der Waals surface area (Å²) in [5.41, 5.74) is 12.3. The monoisotopic (exact) mass is 286 g/mol. The minimum Gasteiger partial charge on any atom is -0.396 e. The average molecular weight is 287 g/mol. The Kier molecular flexibility index (Phi) is 4.12. The Labute approximate surface area is 103 Å². The molecule has 1 aromatic heterocycles. The van der Waals surface area contributed by atoms with Gasteiger partial charge in [-0.2, -0.15) is 0 Å². The van der Waals surface area contributed by atoms with Crippen molar-refractivity contribution in [3.63, 3.8) is 0 Å². The number of amides is 1. The number of anilines is 2. The van der Waals surface area contributed by atoms with E-state index in [0.29, 0.717) is 5.69 Å². The molecule has 0 saturated heterocycles. The van der Waals surface area contributed by atoms with Gasteiger partial charge in [0.1, 0.15) is 0 Å². The zero-order valence-electron chi connectivity index (χ0n) is 9.27. The predicted molar refractivity (Wildman–Crippen MR) is 68.0 cm³/mol. The molecule has 88 valence electrons. The summed E-state index contributed by atoms with van der Waals surface area (Å²) in [6.45, 7) is 4.06. The molecular weight excluding hydrogens is 272 g/mol. The first kappa shape index (κ1) is 12.8. The molecule has 5 nitrogen and oxygen atoms in total. The summed E-state index contributed by atoms with van der Waals surface area (Å²) in [7, 11) is 0. The summed E-state index contributed by atoms with van der Waals surface area (Å²) in [5.74, 6) is -0.392. The van der Waals surface area contributed by atoms with Crippen LogP contribution in [0.2, 0.25) is 0 Å². The number of primary amides is 1. The summed E-state index contributed by atoms with van der Waals surface area (Å²) in [6, 6.07) is 0.119. The lowest BCUT2D eigenvalue weighted by atomic mass is 10.2. The van der Waals surface area contributed by atoms with Crippen LogP contribution in [0.15, 0.2) is 16.9 Å². The van der Waals surface area contributed by atoms with E-state index in [9.17, 15) is 4.79 Å². The molecule has 0 fully saturated rings. The van der Waals surface area contributed by atoms with E-state index in [-0.39, 0.29) is 12.6 Å². The summed E-state index contributed by atoms with van der Waals surface area (Å²) < 4.78 is 0.752. The lowest BCUT2D eigenvalue weighted by molar-refractivity contribution is -0.116. The third-order valence-corrected chi connectivity index (χ3v) is 2.72. The minimum atomic E-state index is -0.392. The van der Waals surface area contributed by atoms with E-state index < -0.39 is 5.91 Å². The Bertz CT molecular complexity index is 374. The fraction of sp³-hybridized carbons (Fsp3) is 0.400. The first-order valence-corrected chi connectivity index (χ1v) is 5.66. The number of hydrogen-bond donors (Lipinski definition) is 2. The average Bonchev–Trinajstić information content (AvgIpc) is 2.15. The summed E-state index contributed by atoms with van der Waals surface area (Å²) in [6.07, 6.45) is 3.19. The quantitative estimate of drug-likeness (QED) is 0.869. The van der Waals surface area contributed by atoms with Crippen molar-refractivity contribution < 1.29 is 4.79 Å². The molecule has 6 heteroatoms. The zero-order valence-corrected chi connectivity index (χ0v) is 10.9. The number of nitrogens with zero attached hydrogens (tertiary/aromatic N) is 2. The highest BCUT2D eigenvalue weighted by atomic mass is 79.9. The van der Waals surface area contributed by atoms with Gasteiger partial charge in [-0.1, -0.05) is 0 Å². The zero-order chi connectivity index (χ0) is 12.3. The van der Waals surface area contributed by atoms with Gasteiger partial charge in [0.2, 0.25) is 5.91 Å². The Hall–Kier alpha value is -1.30. The molecule has 1 heterocycles. The van der Waals surface area contributed by atoms with Crippen LogP contribution in [0.3, 0.4) is 0 Å². The number of halogens is 1. The van der Waals surface area contributed by atoms with Gasteiger partial charge < -0.3 is 16.4 Å². The van der Waals surface area contributed by atoms with Crippen molar-refractivity contribution in [1.29, 1.82) is 0 Å². The first-order valence-electron chi connectivity index (χ1n) is 4.87. The molecule has 0 saturated carbocycles. The van der Waals surface area contributed by atoms with Gasteiger partial charge in [0.25, 0.3) is 0 Å². The number of nitrogens with two attached hydrogens (primary N) is 2. The van der Waals surface area contributed by atoms with E-state index in [4.69, 9.17) is 11.5 Å². The van der Waals surface area contributed by atoms with Gasteiger partial charge in [0.15, 0.2) is 0 Å². The number of carbonyl (C=O) groups excluding carboxylic acids is 1. The van der Waals surface area contributed by atoms with Gasteiger partial charge >= 0.3 is 0 Å². The minimum absolute atomic E-state index is 0.119. The van der Waals surface area contributed by atoms with Crippen LogP contribution in [-0.2, 0) is 4.79 Å². The van der Waals surface area contributed by atoms with Crippen molar-refractivity contribution >= 4 is 33.2 Å². The van der Waals surface area contributed by atoms with E-state index >= 15 is 0 Å². The maximum absolute atomic E-state index is 11.0. The molecule has 1 rings (SSSR count). The third kappa shape index (κ3) is 2.85. The van der Waals surface area contributed by atoms with Crippen LogP contribution in [0.5, 0.6) is 0 Å². The summed E-state index contributed by atoms with van der Waals surface area (Å²) >= 11 is 3.37. The smallest absolute Gasteiger partial charge is 0.236 e. The number of hydrogen-bond acceptors (Lipinski definition) is 4. The molecule has 0 unspecified atom stereocenters.